The lowest BCUT2D eigenvalue weighted by molar-refractivity contribution is 0.234. The minimum Gasteiger partial charge on any atom is -0.310 e. The summed E-state index contributed by atoms with van der Waals surface area (Å²) in [5, 5.41) is 3.51. The molecule has 0 fully saturated rings. The fourth-order valence-corrected chi connectivity index (χ4v) is 3.31. The molecule has 3 nitrogen and oxygen atoms in total. The van der Waals surface area contributed by atoms with Crippen molar-refractivity contribution in [2.45, 2.75) is 53.2 Å². The molecular weight excluding hydrogens is 278 g/mol. The van der Waals surface area contributed by atoms with Crippen LogP contribution >= 0.6 is 11.3 Å². The van der Waals surface area contributed by atoms with Crippen molar-refractivity contribution >= 4 is 11.3 Å². The van der Waals surface area contributed by atoms with E-state index in [-0.39, 0.29) is 0 Å². The van der Waals surface area contributed by atoms with Gasteiger partial charge in [-0.1, -0.05) is 20.8 Å². The number of hydrogen-bond donors (Lipinski definition) is 1. The van der Waals surface area contributed by atoms with Crippen molar-refractivity contribution in [3.05, 3.63) is 21.4 Å². The molecule has 1 aromatic rings. The van der Waals surface area contributed by atoms with Crippen molar-refractivity contribution in [2.24, 2.45) is 0 Å². The zero-order chi connectivity index (χ0) is 15.8. The second-order valence-corrected chi connectivity index (χ2v) is 7.75. The van der Waals surface area contributed by atoms with Gasteiger partial charge in [-0.2, -0.15) is 0 Å². The van der Waals surface area contributed by atoms with Crippen LogP contribution in [0.5, 0.6) is 0 Å². The highest BCUT2D eigenvalue weighted by molar-refractivity contribution is 7.12. The van der Waals surface area contributed by atoms with Gasteiger partial charge in [0.25, 0.3) is 0 Å². The highest BCUT2D eigenvalue weighted by Crippen LogP contribution is 2.23. The summed E-state index contributed by atoms with van der Waals surface area (Å²) in [5.41, 5.74) is 1.51. The topological polar surface area (TPSA) is 18.5 Å². The van der Waals surface area contributed by atoms with Gasteiger partial charge in [-0.05, 0) is 45.6 Å². The van der Waals surface area contributed by atoms with E-state index in [2.05, 4.69) is 63.0 Å². The van der Waals surface area contributed by atoms with E-state index >= 15 is 0 Å². The predicted octanol–water partition coefficient (Wildman–Crippen LogP) is 3.33. The number of aryl methyl sites for hydroxylation is 1. The zero-order valence-electron chi connectivity index (χ0n) is 14.7. The van der Waals surface area contributed by atoms with E-state index in [4.69, 9.17) is 0 Å². The maximum absolute atomic E-state index is 3.51. The Balaban J connectivity index is 2.61. The molecule has 0 unspecified atom stereocenters. The summed E-state index contributed by atoms with van der Waals surface area (Å²) in [6.07, 6.45) is 1.22. The Kier molecular flexibility index (Phi) is 8.49. The number of hydrogen-bond acceptors (Lipinski definition) is 4. The normalized spacial score (nSPS) is 12.0. The Labute approximate surface area is 135 Å². The molecule has 1 aromatic heterocycles. The smallest absolute Gasteiger partial charge is 0.0302 e. The average Bonchev–Trinajstić information content (AvgIpc) is 2.74. The Morgan fingerprint density at radius 3 is 2.48 bits per heavy atom. The summed E-state index contributed by atoms with van der Waals surface area (Å²) >= 11 is 1.94. The maximum atomic E-state index is 3.51. The Morgan fingerprint density at radius 1 is 1.19 bits per heavy atom. The van der Waals surface area contributed by atoms with E-state index in [1.807, 2.05) is 11.3 Å². The summed E-state index contributed by atoms with van der Waals surface area (Å²) < 4.78 is 0. The highest BCUT2D eigenvalue weighted by Gasteiger charge is 2.11. The molecule has 0 radical (unpaired) electrons. The van der Waals surface area contributed by atoms with Crippen molar-refractivity contribution in [1.29, 1.82) is 0 Å². The van der Waals surface area contributed by atoms with Gasteiger partial charge < -0.3 is 10.2 Å². The molecule has 0 saturated carbocycles. The number of rotatable bonds is 10. The molecule has 0 aliphatic carbocycles. The van der Waals surface area contributed by atoms with Gasteiger partial charge in [0.15, 0.2) is 0 Å². The molecule has 0 spiro atoms. The van der Waals surface area contributed by atoms with E-state index in [1.54, 1.807) is 0 Å². The standard InChI is InChI=1S/C17H33N3S/c1-7-8-20(10-9-19(5)6)13-16-11-17(21-15(16)4)12-18-14(2)3/h11,14,18H,7-10,12-13H2,1-6H3. The van der Waals surface area contributed by atoms with Crippen molar-refractivity contribution < 1.29 is 0 Å². The third kappa shape index (κ3) is 7.41. The van der Waals surface area contributed by atoms with Crippen LogP contribution in [-0.2, 0) is 13.1 Å². The van der Waals surface area contributed by atoms with Crippen molar-refractivity contribution in [2.75, 3.05) is 33.7 Å². The average molecular weight is 312 g/mol. The summed E-state index contributed by atoms with van der Waals surface area (Å²) in [6.45, 7) is 14.5. The lowest BCUT2D eigenvalue weighted by Gasteiger charge is -2.23. The molecule has 21 heavy (non-hydrogen) atoms. The van der Waals surface area contributed by atoms with Crippen LogP contribution in [0.2, 0.25) is 0 Å². The third-order valence-electron chi connectivity index (χ3n) is 3.55. The molecule has 0 amide bonds. The zero-order valence-corrected chi connectivity index (χ0v) is 15.5. The minimum absolute atomic E-state index is 0.549. The first-order valence-electron chi connectivity index (χ1n) is 8.11. The Bertz CT molecular complexity index is 399. The number of thiophene rings is 1. The van der Waals surface area contributed by atoms with E-state index in [0.717, 1.165) is 26.2 Å². The lowest BCUT2D eigenvalue weighted by Crippen LogP contribution is -2.32. The fourth-order valence-electron chi connectivity index (χ4n) is 2.30. The summed E-state index contributed by atoms with van der Waals surface area (Å²) in [6, 6.07) is 2.95. The van der Waals surface area contributed by atoms with Crippen molar-refractivity contribution in [3.63, 3.8) is 0 Å². The molecule has 0 aliphatic rings. The third-order valence-corrected chi connectivity index (χ3v) is 4.65. The van der Waals surface area contributed by atoms with Crippen molar-refractivity contribution in [3.8, 4) is 0 Å². The fraction of sp³-hybridized carbons (Fsp3) is 0.765. The van der Waals surface area contributed by atoms with Gasteiger partial charge in [-0.3, -0.25) is 4.90 Å². The Hall–Kier alpha value is -0.420. The van der Waals surface area contributed by atoms with Gasteiger partial charge in [0.1, 0.15) is 0 Å². The largest absolute Gasteiger partial charge is 0.310 e. The Morgan fingerprint density at radius 2 is 1.90 bits per heavy atom. The summed E-state index contributed by atoms with van der Waals surface area (Å²) in [7, 11) is 4.30. The number of nitrogens with zero attached hydrogens (tertiary/aromatic N) is 2. The van der Waals surface area contributed by atoms with E-state index in [0.29, 0.717) is 6.04 Å². The van der Waals surface area contributed by atoms with Gasteiger partial charge in [0.2, 0.25) is 0 Å². The van der Waals surface area contributed by atoms with E-state index < -0.39 is 0 Å². The first-order chi connectivity index (χ1) is 9.92. The van der Waals surface area contributed by atoms with Gasteiger partial charge >= 0.3 is 0 Å². The molecule has 4 heteroatoms. The first kappa shape index (κ1) is 18.6. The minimum atomic E-state index is 0.549. The van der Waals surface area contributed by atoms with Crippen LogP contribution in [0.15, 0.2) is 6.07 Å². The highest BCUT2D eigenvalue weighted by atomic mass is 32.1. The molecule has 0 bridgehead atoms. The van der Waals surface area contributed by atoms with Crippen LogP contribution < -0.4 is 5.32 Å². The second kappa shape index (κ2) is 9.57. The summed E-state index contributed by atoms with van der Waals surface area (Å²) in [4.78, 5) is 7.78. The van der Waals surface area contributed by atoms with Gasteiger partial charge in [0, 0.05) is 42.0 Å². The van der Waals surface area contributed by atoms with Gasteiger partial charge in [0.05, 0.1) is 0 Å². The molecule has 122 valence electrons. The van der Waals surface area contributed by atoms with Gasteiger partial charge in [-0.25, -0.2) is 0 Å². The van der Waals surface area contributed by atoms with E-state index in [9.17, 15) is 0 Å². The molecule has 0 aliphatic heterocycles. The monoisotopic (exact) mass is 311 g/mol. The predicted molar refractivity (Wildman–Crippen MR) is 95.2 cm³/mol. The first-order valence-corrected chi connectivity index (χ1v) is 8.92. The van der Waals surface area contributed by atoms with E-state index in [1.165, 1.54) is 28.3 Å². The SMILES string of the molecule is CCCN(CCN(C)C)Cc1cc(CNC(C)C)sc1C. The van der Waals surface area contributed by atoms with Gasteiger partial charge in [-0.15, -0.1) is 11.3 Å². The van der Waals surface area contributed by atoms with Crippen LogP contribution in [-0.4, -0.2) is 49.6 Å². The molecule has 1 rings (SSSR count). The number of nitrogens with one attached hydrogen (secondary N) is 1. The van der Waals surface area contributed by atoms with Crippen LogP contribution in [0.4, 0.5) is 0 Å². The van der Waals surface area contributed by atoms with Crippen LogP contribution in [0.25, 0.3) is 0 Å². The maximum Gasteiger partial charge on any atom is 0.0302 e. The summed E-state index contributed by atoms with van der Waals surface area (Å²) in [5.74, 6) is 0. The van der Waals surface area contributed by atoms with Crippen molar-refractivity contribution in [1.82, 2.24) is 15.1 Å². The second-order valence-electron chi connectivity index (χ2n) is 6.41. The van der Waals surface area contributed by atoms with Crippen LogP contribution in [0.1, 0.15) is 42.5 Å². The molecular formula is C17H33N3S. The number of likely N-dealkylation sites (N-methyl/N-ethyl adjacent to an activating group) is 1. The van der Waals surface area contributed by atoms with Crippen LogP contribution in [0.3, 0.4) is 0 Å². The molecule has 1 heterocycles. The molecule has 0 aromatic carbocycles. The molecule has 1 N–H and O–H groups in total. The molecule has 0 atom stereocenters. The van der Waals surface area contributed by atoms with Crippen LogP contribution in [0, 0.1) is 6.92 Å². The lowest BCUT2D eigenvalue weighted by atomic mass is 10.2. The quantitative estimate of drug-likeness (QED) is 0.715. The molecule has 0 saturated heterocycles.